The first-order chi connectivity index (χ1) is 13.5. The van der Waals surface area contributed by atoms with Crippen LogP contribution in [0.3, 0.4) is 0 Å². The maximum Gasteiger partial charge on any atom is 0.229 e. The van der Waals surface area contributed by atoms with Crippen LogP contribution in [0.2, 0.25) is 18.1 Å². The summed E-state index contributed by atoms with van der Waals surface area (Å²) in [5.74, 6) is 6.31. The fraction of sp³-hybridized carbons (Fsp3) is 0.565. The largest absolute Gasteiger partial charge is 0.416 e. The zero-order valence-electron chi connectivity index (χ0n) is 18.4. The zero-order chi connectivity index (χ0) is 21.7. The fourth-order valence-electron chi connectivity index (χ4n) is 2.94. The Bertz CT molecular complexity index is 786. The van der Waals surface area contributed by atoms with Crippen molar-refractivity contribution in [2.24, 2.45) is 0 Å². The second-order valence-electron chi connectivity index (χ2n) is 9.19. The van der Waals surface area contributed by atoms with Gasteiger partial charge in [0.25, 0.3) is 0 Å². The molecule has 0 aromatic heterocycles. The number of nitrogens with zero attached hydrogens (tertiary/aromatic N) is 1. The molecular weight excluding hydrogens is 380 g/mol. The smallest absolute Gasteiger partial charge is 0.229 e. The number of likely N-dealkylation sites (tertiary alicyclic amines) is 1. The molecule has 1 aromatic carbocycles. The fourth-order valence-corrected chi connectivity index (χ4v) is 3.99. The Kier molecular flexibility index (Phi) is 7.67. The lowest BCUT2D eigenvalue weighted by Gasteiger charge is -2.37. The van der Waals surface area contributed by atoms with Crippen LogP contribution in [0, 0.1) is 11.8 Å². The monoisotopic (exact) mass is 414 g/mol. The molecule has 0 bridgehead atoms. The van der Waals surface area contributed by atoms with Crippen LogP contribution in [0.15, 0.2) is 24.3 Å². The highest BCUT2D eigenvalue weighted by Crippen LogP contribution is 2.37. The number of amides is 2. The van der Waals surface area contributed by atoms with Crippen molar-refractivity contribution in [3.8, 4) is 11.8 Å². The van der Waals surface area contributed by atoms with E-state index in [4.69, 9.17) is 10.2 Å². The van der Waals surface area contributed by atoms with Gasteiger partial charge in [-0.2, -0.15) is 0 Å². The van der Waals surface area contributed by atoms with Crippen LogP contribution in [0.5, 0.6) is 0 Å². The van der Waals surface area contributed by atoms with Crippen LogP contribution >= 0.6 is 0 Å². The summed E-state index contributed by atoms with van der Waals surface area (Å²) in [4.78, 5) is 24.7. The molecule has 1 atom stereocenters. The van der Waals surface area contributed by atoms with E-state index < -0.39 is 8.32 Å². The lowest BCUT2D eigenvalue weighted by Crippen LogP contribution is -2.41. The molecule has 29 heavy (non-hydrogen) atoms. The Morgan fingerprint density at radius 2 is 1.83 bits per heavy atom. The minimum atomic E-state index is -1.86. The average Bonchev–Trinajstić information content (AvgIpc) is 2.94. The normalized spacial score (nSPS) is 16.0. The molecule has 158 valence electrons. The van der Waals surface area contributed by atoms with Gasteiger partial charge in [-0.25, -0.2) is 0 Å². The molecule has 0 saturated carbocycles. The van der Waals surface area contributed by atoms with E-state index in [0.29, 0.717) is 38.8 Å². The second kappa shape index (κ2) is 9.60. The molecule has 1 unspecified atom stereocenters. The summed E-state index contributed by atoms with van der Waals surface area (Å²) in [5, 5.41) is 0.147. The van der Waals surface area contributed by atoms with Gasteiger partial charge in [0.2, 0.25) is 11.8 Å². The van der Waals surface area contributed by atoms with Gasteiger partial charge >= 0.3 is 0 Å². The second-order valence-corrected chi connectivity index (χ2v) is 14.0. The minimum Gasteiger partial charge on any atom is -0.416 e. The Balaban J connectivity index is 2.01. The van der Waals surface area contributed by atoms with Gasteiger partial charge in [0.05, 0.1) is 0 Å². The summed E-state index contributed by atoms with van der Waals surface area (Å²) in [6.45, 7) is 12.2. The highest BCUT2D eigenvalue weighted by atomic mass is 28.4. The number of nitrogens with two attached hydrogens (primary N) is 1. The quantitative estimate of drug-likeness (QED) is 0.312. The molecule has 6 heteroatoms. The molecule has 1 aliphatic heterocycles. The molecule has 0 aliphatic carbocycles. The summed E-state index contributed by atoms with van der Waals surface area (Å²) in [5.41, 5.74) is 7.85. The first-order valence-electron chi connectivity index (χ1n) is 10.3. The maximum absolute atomic E-state index is 11.7. The molecule has 1 saturated heterocycles. The summed E-state index contributed by atoms with van der Waals surface area (Å²) >= 11 is 0. The van der Waals surface area contributed by atoms with Gasteiger partial charge < -0.3 is 10.2 Å². The number of carbonyl (C=O) groups excluding carboxylic acids is 2. The van der Waals surface area contributed by atoms with Gasteiger partial charge in [0, 0.05) is 50.4 Å². The van der Waals surface area contributed by atoms with Crippen molar-refractivity contribution >= 4 is 25.8 Å². The molecule has 1 fully saturated rings. The first kappa shape index (κ1) is 23.2. The van der Waals surface area contributed by atoms with Crippen molar-refractivity contribution in [1.29, 1.82) is 0 Å². The van der Waals surface area contributed by atoms with Gasteiger partial charge in [-0.3, -0.25) is 14.5 Å². The van der Waals surface area contributed by atoms with E-state index in [9.17, 15) is 9.59 Å². The number of rotatable bonds is 7. The third-order valence-corrected chi connectivity index (χ3v) is 10.4. The van der Waals surface area contributed by atoms with E-state index >= 15 is 0 Å². The predicted molar refractivity (Wildman–Crippen MR) is 120 cm³/mol. The van der Waals surface area contributed by atoms with E-state index in [1.807, 2.05) is 18.2 Å². The van der Waals surface area contributed by atoms with Crippen LogP contribution in [-0.2, 0) is 14.0 Å². The van der Waals surface area contributed by atoms with Gasteiger partial charge in [0.15, 0.2) is 8.32 Å². The summed E-state index contributed by atoms with van der Waals surface area (Å²) in [6, 6.07) is 7.90. The van der Waals surface area contributed by atoms with Crippen LogP contribution in [-0.4, -0.2) is 38.2 Å². The standard InChI is InChI=1S/C23H34N2O3Si/c1-23(2,3)29(4,5)28-17-19(18-11-9-12-20(24)16-18)10-7-6-8-15-25-21(26)13-14-22(25)27/h9,11-12,16,19H,8,10,13-15,17,24H2,1-5H3. The molecule has 1 heterocycles. The number of imide groups is 1. The first-order valence-corrected chi connectivity index (χ1v) is 13.2. The third kappa shape index (κ3) is 6.45. The van der Waals surface area contributed by atoms with Crippen molar-refractivity contribution in [2.75, 3.05) is 18.9 Å². The Morgan fingerprint density at radius 3 is 2.41 bits per heavy atom. The molecule has 2 N–H and O–H groups in total. The van der Waals surface area contributed by atoms with E-state index in [1.54, 1.807) is 0 Å². The van der Waals surface area contributed by atoms with Crippen molar-refractivity contribution < 1.29 is 14.0 Å². The van der Waals surface area contributed by atoms with Crippen LogP contribution in [0.1, 0.15) is 57.9 Å². The molecule has 1 aliphatic rings. The number of nitrogen functional groups attached to an aromatic ring is 1. The topological polar surface area (TPSA) is 72.6 Å². The molecule has 0 spiro atoms. The number of benzene rings is 1. The zero-order valence-corrected chi connectivity index (χ0v) is 19.4. The van der Waals surface area contributed by atoms with Gasteiger partial charge in [-0.15, -0.1) is 11.8 Å². The lowest BCUT2D eigenvalue weighted by atomic mass is 9.96. The van der Waals surface area contributed by atoms with Crippen LogP contribution in [0.25, 0.3) is 0 Å². The third-order valence-electron chi connectivity index (χ3n) is 5.92. The van der Waals surface area contributed by atoms with Crippen molar-refractivity contribution in [2.45, 2.75) is 70.5 Å². The molecule has 1 aromatic rings. The Hall–Kier alpha value is -2.10. The molecule has 2 rings (SSSR count). The Labute approximate surface area is 176 Å². The molecular formula is C23H34N2O3Si. The van der Waals surface area contributed by atoms with Crippen molar-refractivity contribution in [1.82, 2.24) is 4.90 Å². The van der Waals surface area contributed by atoms with Crippen LogP contribution < -0.4 is 5.73 Å². The molecule has 2 amide bonds. The summed E-state index contributed by atoms with van der Waals surface area (Å²) in [7, 11) is -1.86. The highest BCUT2D eigenvalue weighted by molar-refractivity contribution is 6.74. The van der Waals surface area contributed by atoms with Crippen molar-refractivity contribution in [3.63, 3.8) is 0 Å². The number of hydrogen-bond acceptors (Lipinski definition) is 4. The average molecular weight is 415 g/mol. The van der Waals surface area contributed by atoms with Gasteiger partial charge in [-0.05, 0) is 35.8 Å². The predicted octanol–water partition coefficient (Wildman–Crippen LogP) is 4.31. The SMILES string of the molecule is CC(C)(C)[Si](C)(C)OCC(CC#CCCN1C(=O)CCC1=O)c1cccc(N)c1. The molecule has 0 radical (unpaired) electrons. The van der Waals surface area contributed by atoms with Crippen molar-refractivity contribution in [3.05, 3.63) is 29.8 Å². The van der Waals surface area contributed by atoms with E-state index in [1.165, 1.54) is 4.90 Å². The number of anilines is 1. The highest BCUT2D eigenvalue weighted by Gasteiger charge is 2.37. The number of carbonyl (C=O) groups is 2. The lowest BCUT2D eigenvalue weighted by molar-refractivity contribution is -0.138. The van der Waals surface area contributed by atoms with Crippen LogP contribution in [0.4, 0.5) is 5.69 Å². The van der Waals surface area contributed by atoms with E-state index in [-0.39, 0.29) is 22.8 Å². The van der Waals surface area contributed by atoms with E-state index in [0.717, 1.165) is 11.3 Å². The Morgan fingerprint density at radius 1 is 1.17 bits per heavy atom. The summed E-state index contributed by atoms with van der Waals surface area (Å²) < 4.78 is 6.45. The number of hydrogen-bond donors (Lipinski definition) is 1. The maximum atomic E-state index is 11.7. The van der Waals surface area contributed by atoms with Gasteiger partial charge in [-0.1, -0.05) is 32.9 Å². The van der Waals surface area contributed by atoms with E-state index in [2.05, 4.69) is 51.8 Å². The van der Waals surface area contributed by atoms with Gasteiger partial charge in [0.1, 0.15) is 0 Å². The minimum absolute atomic E-state index is 0.0859. The molecule has 5 nitrogen and oxygen atoms in total. The summed E-state index contributed by atoms with van der Waals surface area (Å²) in [6.07, 6.45) is 1.81.